The average Bonchev–Trinajstić information content (AvgIpc) is 3.19. The Bertz CT molecular complexity index is 1200. The molecule has 0 fully saturated rings. The van der Waals surface area contributed by atoms with Gasteiger partial charge in [0.1, 0.15) is 23.9 Å². The lowest BCUT2D eigenvalue weighted by Gasteiger charge is -2.19. The third-order valence-electron chi connectivity index (χ3n) is 4.84. The fourth-order valence-corrected chi connectivity index (χ4v) is 4.14. The number of ether oxygens (including phenoxy) is 2. The number of aromatic nitrogens is 3. The van der Waals surface area contributed by atoms with E-state index in [9.17, 15) is 14.0 Å². The number of nitrogens with one attached hydrogen (secondary N) is 1. The van der Waals surface area contributed by atoms with Crippen LogP contribution in [-0.2, 0) is 17.9 Å². The van der Waals surface area contributed by atoms with Gasteiger partial charge in [-0.3, -0.25) is 14.2 Å². The van der Waals surface area contributed by atoms with Crippen molar-refractivity contribution >= 4 is 29.1 Å². The molecule has 0 radical (unpaired) electrons. The molecule has 0 bridgehead atoms. The number of halogens is 1. The van der Waals surface area contributed by atoms with Gasteiger partial charge in [0.25, 0.3) is 5.91 Å². The van der Waals surface area contributed by atoms with Crippen LogP contribution in [0.4, 0.5) is 10.1 Å². The Labute approximate surface area is 193 Å². The topological polar surface area (TPSA) is 95.3 Å². The number of hydrogen-bond acceptors (Lipinski definition) is 7. The van der Waals surface area contributed by atoms with Crippen LogP contribution in [-0.4, -0.2) is 38.3 Å². The molecule has 1 N–H and O–H groups in total. The molecular weight excluding hydrogens is 447 g/mol. The molecule has 8 nitrogen and oxygen atoms in total. The summed E-state index contributed by atoms with van der Waals surface area (Å²) in [6.45, 7) is 6.07. The van der Waals surface area contributed by atoms with Crippen molar-refractivity contribution < 1.29 is 23.5 Å². The molecule has 1 aliphatic rings. The SMILES string of the molecule is C=CCn1c(COc2ccc(F)cc2)nnc1S[C@H](C)C(=O)c1ccc2c(c1)NC(=O)CO2. The number of anilines is 1. The number of benzene rings is 2. The van der Waals surface area contributed by atoms with Gasteiger partial charge in [-0.2, -0.15) is 0 Å². The fraction of sp³-hybridized carbons (Fsp3) is 0.217. The number of thioether (sulfide) groups is 1. The van der Waals surface area contributed by atoms with E-state index in [1.54, 1.807) is 31.2 Å². The highest BCUT2D eigenvalue weighted by atomic mass is 32.2. The number of fused-ring (bicyclic) bond motifs is 1. The Kier molecular flexibility index (Phi) is 6.74. The minimum Gasteiger partial charge on any atom is -0.486 e. The van der Waals surface area contributed by atoms with Crippen LogP contribution in [0.1, 0.15) is 23.1 Å². The summed E-state index contributed by atoms with van der Waals surface area (Å²) >= 11 is 1.26. The first-order chi connectivity index (χ1) is 15.9. The Morgan fingerprint density at radius 1 is 1.33 bits per heavy atom. The van der Waals surface area contributed by atoms with E-state index in [4.69, 9.17) is 9.47 Å². The highest BCUT2D eigenvalue weighted by Gasteiger charge is 2.23. The van der Waals surface area contributed by atoms with Gasteiger partial charge in [-0.25, -0.2) is 4.39 Å². The van der Waals surface area contributed by atoms with Gasteiger partial charge in [0.05, 0.1) is 10.9 Å². The Morgan fingerprint density at radius 2 is 2.12 bits per heavy atom. The standard InChI is InChI=1S/C23H21FN4O4S/c1-3-10-28-20(12-31-17-7-5-16(24)6-8-17)26-27-23(28)33-14(2)22(30)15-4-9-19-18(11-15)25-21(29)13-32-19/h3-9,11,14H,1,10,12-13H2,2H3,(H,25,29)/t14-/m1/s1. The molecule has 4 rings (SSSR count). The second-order valence-electron chi connectivity index (χ2n) is 7.21. The van der Waals surface area contributed by atoms with Crippen LogP contribution >= 0.6 is 11.8 Å². The molecule has 170 valence electrons. The Balaban J connectivity index is 1.47. The molecule has 10 heteroatoms. The van der Waals surface area contributed by atoms with Crippen molar-refractivity contribution in [2.45, 2.75) is 30.5 Å². The molecule has 3 aromatic rings. The van der Waals surface area contributed by atoms with Crippen molar-refractivity contribution in [3.63, 3.8) is 0 Å². The first kappa shape index (κ1) is 22.5. The molecule has 0 unspecified atom stereocenters. The quantitative estimate of drug-likeness (QED) is 0.289. The van der Waals surface area contributed by atoms with E-state index in [2.05, 4.69) is 22.1 Å². The molecule has 1 atom stereocenters. The maximum Gasteiger partial charge on any atom is 0.262 e. The van der Waals surface area contributed by atoms with Gasteiger partial charge >= 0.3 is 0 Å². The third-order valence-corrected chi connectivity index (χ3v) is 5.92. The second-order valence-corrected chi connectivity index (χ2v) is 8.52. The highest BCUT2D eigenvalue weighted by Crippen LogP contribution is 2.31. The molecule has 33 heavy (non-hydrogen) atoms. The van der Waals surface area contributed by atoms with Gasteiger partial charge in [0.15, 0.2) is 23.4 Å². The van der Waals surface area contributed by atoms with Crippen LogP contribution < -0.4 is 14.8 Å². The molecule has 0 aliphatic carbocycles. The van der Waals surface area contributed by atoms with Crippen LogP contribution in [0.5, 0.6) is 11.5 Å². The van der Waals surface area contributed by atoms with E-state index in [1.165, 1.54) is 36.0 Å². The van der Waals surface area contributed by atoms with E-state index >= 15 is 0 Å². The van der Waals surface area contributed by atoms with E-state index in [-0.39, 0.29) is 30.7 Å². The first-order valence-electron chi connectivity index (χ1n) is 10.1. The number of nitrogens with zero attached hydrogens (tertiary/aromatic N) is 3. The predicted octanol–water partition coefficient (Wildman–Crippen LogP) is 3.88. The van der Waals surface area contributed by atoms with E-state index in [1.807, 2.05) is 4.57 Å². The van der Waals surface area contributed by atoms with Crippen molar-refractivity contribution in [1.82, 2.24) is 14.8 Å². The van der Waals surface area contributed by atoms with Gasteiger partial charge < -0.3 is 14.8 Å². The summed E-state index contributed by atoms with van der Waals surface area (Å²) in [5, 5.41) is 11.2. The number of amides is 1. The van der Waals surface area contributed by atoms with Crippen molar-refractivity contribution in [3.8, 4) is 11.5 Å². The average molecular weight is 469 g/mol. The van der Waals surface area contributed by atoms with Gasteiger partial charge in [-0.15, -0.1) is 16.8 Å². The van der Waals surface area contributed by atoms with Gasteiger partial charge in [-0.05, 0) is 49.4 Å². The number of rotatable bonds is 9. The lowest BCUT2D eigenvalue weighted by atomic mass is 10.1. The summed E-state index contributed by atoms with van der Waals surface area (Å²) in [6.07, 6.45) is 1.70. The number of Topliss-reactive ketones (excluding diaryl/α,β-unsaturated/α-hetero) is 1. The van der Waals surface area contributed by atoms with Crippen molar-refractivity contribution in [3.05, 3.63) is 72.3 Å². The Morgan fingerprint density at radius 3 is 2.88 bits per heavy atom. The van der Waals surface area contributed by atoms with Crippen LogP contribution in [0.25, 0.3) is 0 Å². The fourth-order valence-electron chi connectivity index (χ4n) is 3.19. The number of carbonyl (C=O) groups is 2. The third kappa shape index (κ3) is 5.23. The van der Waals surface area contributed by atoms with Crippen molar-refractivity contribution in [2.75, 3.05) is 11.9 Å². The zero-order chi connectivity index (χ0) is 23.4. The second kappa shape index (κ2) is 9.86. The molecule has 0 spiro atoms. The van der Waals surface area contributed by atoms with E-state index < -0.39 is 5.25 Å². The number of carbonyl (C=O) groups excluding carboxylic acids is 2. The minimum absolute atomic E-state index is 0.0429. The summed E-state index contributed by atoms with van der Waals surface area (Å²) in [7, 11) is 0. The monoisotopic (exact) mass is 468 g/mol. The lowest BCUT2D eigenvalue weighted by Crippen LogP contribution is -2.25. The largest absolute Gasteiger partial charge is 0.486 e. The first-order valence-corrected chi connectivity index (χ1v) is 11.0. The molecule has 1 amide bonds. The van der Waals surface area contributed by atoms with Crippen LogP contribution in [0.15, 0.2) is 60.3 Å². The number of allylic oxidation sites excluding steroid dienone is 1. The Hall–Kier alpha value is -3.66. The molecule has 1 aromatic heterocycles. The van der Waals surface area contributed by atoms with E-state index in [0.29, 0.717) is 40.3 Å². The molecule has 2 aromatic carbocycles. The normalized spacial score (nSPS) is 13.5. The van der Waals surface area contributed by atoms with Crippen molar-refractivity contribution in [1.29, 1.82) is 0 Å². The predicted molar refractivity (Wildman–Crippen MR) is 121 cm³/mol. The minimum atomic E-state index is -0.470. The van der Waals surface area contributed by atoms with Crippen LogP contribution in [0.3, 0.4) is 0 Å². The highest BCUT2D eigenvalue weighted by molar-refractivity contribution is 8.00. The van der Waals surface area contributed by atoms with Gasteiger partial charge in [-0.1, -0.05) is 17.8 Å². The molecule has 1 aliphatic heterocycles. The summed E-state index contributed by atoms with van der Waals surface area (Å²) in [6, 6.07) is 10.7. The number of hydrogen-bond donors (Lipinski definition) is 1. The van der Waals surface area contributed by atoms with Crippen molar-refractivity contribution in [2.24, 2.45) is 0 Å². The van der Waals surface area contributed by atoms with Crippen LogP contribution in [0, 0.1) is 5.82 Å². The smallest absolute Gasteiger partial charge is 0.262 e. The maximum absolute atomic E-state index is 13.1. The molecule has 2 heterocycles. The summed E-state index contributed by atoms with van der Waals surface area (Å²) in [4.78, 5) is 24.6. The van der Waals surface area contributed by atoms with Gasteiger partial charge in [0.2, 0.25) is 0 Å². The van der Waals surface area contributed by atoms with E-state index in [0.717, 1.165) is 0 Å². The molecular formula is C23H21FN4O4S. The summed E-state index contributed by atoms with van der Waals surface area (Å²) in [5.74, 6) is 0.856. The summed E-state index contributed by atoms with van der Waals surface area (Å²) < 4.78 is 25.9. The maximum atomic E-state index is 13.1. The molecule has 0 saturated carbocycles. The van der Waals surface area contributed by atoms with Gasteiger partial charge in [0, 0.05) is 12.1 Å². The zero-order valence-corrected chi connectivity index (χ0v) is 18.6. The number of ketones is 1. The zero-order valence-electron chi connectivity index (χ0n) is 17.8. The van der Waals surface area contributed by atoms with Crippen LogP contribution in [0.2, 0.25) is 0 Å². The lowest BCUT2D eigenvalue weighted by molar-refractivity contribution is -0.118. The summed E-state index contributed by atoms with van der Waals surface area (Å²) in [5.41, 5.74) is 0.929. The molecule has 0 saturated heterocycles.